The minimum atomic E-state index is 0. The van der Waals surface area contributed by atoms with E-state index in [1.54, 1.807) is 12.3 Å². The van der Waals surface area contributed by atoms with Crippen LogP contribution in [-0.2, 0) is 0 Å². The Morgan fingerprint density at radius 3 is 2.50 bits per heavy atom. The number of aryl methyl sites for hydroxylation is 1. The van der Waals surface area contributed by atoms with Gasteiger partial charge in [-0.15, -0.1) is 12.4 Å². The van der Waals surface area contributed by atoms with Gasteiger partial charge < -0.3 is 4.90 Å². The maximum absolute atomic E-state index is 11.5. The van der Waals surface area contributed by atoms with E-state index in [0.29, 0.717) is 12.2 Å². The lowest BCUT2D eigenvalue weighted by molar-refractivity contribution is 0.0953. The van der Waals surface area contributed by atoms with E-state index < -0.39 is 0 Å². The van der Waals surface area contributed by atoms with Crippen LogP contribution in [0.5, 0.6) is 0 Å². The lowest BCUT2D eigenvalue weighted by Crippen LogP contribution is -2.22. The number of hydrogen-bond acceptors (Lipinski definition) is 3. The Kier molecular flexibility index (Phi) is 5.35. The second kappa shape index (κ2) is 5.73. The van der Waals surface area contributed by atoms with Crippen molar-refractivity contribution < 1.29 is 4.79 Å². The second-order valence-corrected chi connectivity index (χ2v) is 3.38. The number of nitrogens with zero attached hydrogens (tertiary/aromatic N) is 2. The first-order valence-corrected chi connectivity index (χ1v) is 4.20. The first-order chi connectivity index (χ1) is 6.09. The van der Waals surface area contributed by atoms with Gasteiger partial charge in [-0.25, -0.2) is 0 Å². The molecule has 0 spiro atoms. The molecule has 0 unspecified atom stereocenters. The van der Waals surface area contributed by atoms with Crippen molar-refractivity contribution in [2.24, 2.45) is 0 Å². The fraction of sp³-hybridized carbons (Fsp3) is 0.400. The molecule has 0 fully saturated rings. The summed E-state index contributed by atoms with van der Waals surface area (Å²) in [6, 6.07) is 3.66. The van der Waals surface area contributed by atoms with Crippen LogP contribution in [-0.4, -0.2) is 36.3 Å². The lowest BCUT2D eigenvalue weighted by Gasteiger charge is -2.07. The third-order valence-electron chi connectivity index (χ3n) is 1.66. The molecule has 4 heteroatoms. The summed E-state index contributed by atoms with van der Waals surface area (Å²) in [6.07, 6.45) is 1.71. The van der Waals surface area contributed by atoms with Crippen LogP contribution in [0, 0.1) is 6.92 Å². The van der Waals surface area contributed by atoms with Crippen molar-refractivity contribution in [2.45, 2.75) is 6.92 Å². The zero-order valence-corrected chi connectivity index (χ0v) is 9.47. The maximum atomic E-state index is 11.5. The van der Waals surface area contributed by atoms with Gasteiger partial charge in [-0.2, -0.15) is 0 Å². The molecule has 1 aromatic heterocycles. The fourth-order valence-electron chi connectivity index (χ4n) is 1.00. The van der Waals surface area contributed by atoms with Crippen LogP contribution < -0.4 is 0 Å². The average Bonchev–Trinajstić information content (AvgIpc) is 2.04. The summed E-state index contributed by atoms with van der Waals surface area (Å²) >= 11 is 0. The molecule has 1 rings (SSSR count). The first kappa shape index (κ1) is 13.1. The van der Waals surface area contributed by atoms with E-state index in [1.165, 1.54) is 0 Å². The van der Waals surface area contributed by atoms with Crippen molar-refractivity contribution in [3.05, 3.63) is 29.6 Å². The normalized spacial score (nSPS) is 9.71. The predicted octanol–water partition coefficient (Wildman–Crippen LogP) is 1.56. The molecule has 0 aliphatic rings. The predicted molar refractivity (Wildman–Crippen MR) is 59.1 cm³/mol. The molecule has 0 saturated carbocycles. The first-order valence-electron chi connectivity index (χ1n) is 4.20. The van der Waals surface area contributed by atoms with Gasteiger partial charge in [0.05, 0.1) is 6.54 Å². The van der Waals surface area contributed by atoms with Crippen LogP contribution in [0.25, 0.3) is 0 Å². The van der Waals surface area contributed by atoms with Gasteiger partial charge in [0.25, 0.3) is 0 Å². The van der Waals surface area contributed by atoms with Crippen molar-refractivity contribution >= 4 is 18.2 Å². The van der Waals surface area contributed by atoms with E-state index in [1.807, 2.05) is 32.0 Å². The van der Waals surface area contributed by atoms with Crippen LogP contribution >= 0.6 is 12.4 Å². The Balaban J connectivity index is 0.00000169. The van der Waals surface area contributed by atoms with Gasteiger partial charge in [0.2, 0.25) is 0 Å². The molecule has 0 atom stereocenters. The van der Waals surface area contributed by atoms with Crippen molar-refractivity contribution in [1.82, 2.24) is 9.88 Å². The number of halogens is 1. The zero-order chi connectivity index (χ0) is 9.84. The molecule has 0 aliphatic heterocycles. The molecule has 0 amide bonds. The number of Topliss-reactive ketones (excluding diaryl/α,β-unsaturated/α-hetero) is 1. The monoisotopic (exact) mass is 214 g/mol. The number of pyridine rings is 1. The molecule has 0 N–H and O–H groups in total. The van der Waals surface area contributed by atoms with Crippen LogP contribution in [0.4, 0.5) is 0 Å². The van der Waals surface area contributed by atoms with Crippen LogP contribution in [0.1, 0.15) is 16.1 Å². The summed E-state index contributed by atoms with van der Waals surface area (Å²) in [4.78, 5) is 17.4. The number of ketones is 1. The molecule has 0 radical (unpaired) electrons. The molecule has 0 bridgehead atoms. The summed E-state index contributed by atoms with van der Waals surface area (Å²) in [5.41, 5.74) is 1.61. The Morgan fingerprint density at radius 1 is 1.43 bits per heavy atom. The Bertz CT molecular complexity index is 295. The molecule has 78 valence electrons. The number of carbonyl (C=O) groups is 1. The molecule has 3 nitrogen and oxygen atoms in total. The van der Waals surface area contributed by atoms with Gasteiger partial charge in [-0.3, -0.25) is 9.78 Å². The average molecular weight is 215 g/mol. The molecule has 14 heavy (non-hydrogen) atoms. The largest absolute Gasteiger partial charge is 0.302 e. The van der Waals surface area contributed by atoms with E-state index in [4.69, 9.17) is 0 Å². The van der Waals surface area contributed by atoms with E-state index >= 15 is 0 Å². The zero-order valence-electron chi connectivity index (χ0n) is 8.65. The highest BCUT2D eigenvalue weighted by Crippen LogP contribution is 1.99. The minimum absolute atomic E-state index is 0. The quantitative estimate of drug-likeness (QED) is 0.716. The number of aromatic nitrogens is 1. The minimum Gasteiger partial charge on any atom is -0.302 e. The Hall–Kier alpha value is -0.930. The van der Waals surface area contributed by atoms with E-state index in [-0.39, 0.29) is 18.2 Å². The van der Waals surface area contributed by atoms with Crippen molar-refractivity contribution in [2.75, 3.05) is 20.6 Å². The third-order valence-corrected chi connectivity index (χ3v) is 1.66. The Labute approximate surface area is 90.6 Å². The number of rotatable bonds is 3. The van der Waals surface area contributed by atoms with Crippen molar-refractivity contribution in [1.29, 1.82) is 0 Å². The molecule has 1 heterocycles. The molecular weight excluding hydrogens is 200 g/mol. The topological polar surface area (TPSA) is 33.2 Å². The lowest BCUT2D eigenvalue weighted by atomic mass is 10.2. The highest BCUT2D eigenvalue weighted by molar-refractivity contribution is 5.95. The fourth-order valence-corrected chi connectivity index (χ4v) is 1.00. The van der Waals surface area contributed by atoms with Crippen LogP contribution in [0.2, 0.25) is 0 Å². The van der Waals surface area contributed by atoms with Gasteiger partial charge in [-0.05, 0) is 32.6 Å². The molecular formula is C10H15ClN2O. The van der Waals surface area contributed by atoms with E-state index in [2.05, 4.69) is 4.98 Å². The smallest absolute Gasteiger partial charge is 0.195 e. The summed E-state index contributed by atoms with van der Waals surface area (Å²) in [6.45, 7) is 2.36. The third kappa shape index (κ3) is 3.85. The molecule has 1 aromatic rings. The number of hydrogen-bond donors (Lipinski definition) is 0. The highest BCUT2D eigenvalue weighted by Gasteiger charge is 2.07. The summed E-state index contributed by atoms with van der Waals surface area (Å²) in [7, 11) is 3.73. The molecule has 0 aromatic carbocycles. The highest BCUT2D eigenvalue weighted by atomic mass is 35.5. The van der Waals surface area contributed by atoms with Crippen molar-refractivity contribution in [3.8, 4) is 0 Å². The van der Waals surface area contributed by atoms with E-state index in [0.717, 1.165) is 5.56 Å². The second-order valence-electron chi connectivity index (χ2n) is 3.38. The number of carbonyl (C=O) groups excluding carboxylic acids is 1. The van der Waals surface area contributed by atoms with Gasteiger partial charge in [-0.1, -0.05) is 6.07 Å². The standard InChI is InChI=1S/C10H14N2O.ClH/c1-8-4-5-9(11-6-8)10(13)7-12(2)3;/h4-6H,7H2,1-3H3;1H. The van der Waals surface area contributed by atoms with Crippen molar-refractivity contribution in [3.63, 3.8) is 0 Å². The summed E-state index contributed by atoms with van der Waals surface area (Å²) in [5.74, 6) is 0.0602. The number of likely N-dealkylation sites (N-methyl/N-ethyl adjacent to an activating group) is 1. The van der Waals surface area contributed by atoms with Crippen LogP contribution in [0.15, 0.2) is 18.3 Å². The Morgan fingerprint density at radius 2 is 2.07 bits per heavy atom. The molecule has 0 saturated heterocycles. The summed E-state index contributed by atoms with van der Waals surface area (Å²) < 4.78 is 0. The van der Waals surface area contributed by atoms with Gasteiger partial charge >= 0.3 is 0 Å². The van der Waals surface area contributed by atoms with Gasteiger partial charge in [0.15, 0.2) is 5.78 Å². The van der Waals surface area contributed by atoms with E-state index in [9.17, 15) is 4.79 Å². The summed E-state index contributed by atoms with van der Waals surface area (Å²) in [5, 5.41) is 0. The van der Waals surface area contributed by atoms with Crippen LogP contribution in [0.3, 0.4) is 0 Å². The van der Waals surface area contributed by atoms with Gasteiger partial charge in [0, 0.05) is 6.20 Å². The SMILES string of the molecule is Cc1ccc(C(=O)CN(C)C)nc1.Cl. The van der Waals surface area contributed by atoms with Gasteiger partial charge in [0.1, 0.15) is 5.69 Å². The maximum Gasteiger partial charge on any atom is 0.195 e. The molecule has 0 aliphatic carbocycles.